The van der Waals surface area contributed by atoms with Gasteiger partial charge in [0.05, 0.1) is 5.52 Å². The predicted molar refractivity (Wildman–Crippen MR) is 155 cm³/mol. The van der Waals surface area contributed by atoms with Crippen molar-refractivity contribution in [2.24, 2.45) is 0 Å². The van der Waals surface area contributed by atoms with E-state index in [2.05, 4.69) is 10.3 Å². The molecule has 2 aromatic heterocycles. The summed E-state index contributed by atoms with van der Waals surface area (Å²) in [5.74, 6) is 0. The first-order chi connectivity index (χ1) is 18.4. The van der Waals surface area contributed by atoms with E-state index in [1.54, 1.807) is 23.5 Å². The van der Waals surface area contributed by atoms with Crippen molar-refractivity contribution in [2.45, 2.75) is 59.2 Å². The number of nitrogens with one attached hydrogen (secondary N) is 1. The Labute approximate surface area is 229 Å². The van der Waals surface area contributed by atoms with Gasteiger partial charge in [-0.15, -0.1) is 0 Å². The average Bonchev–Trinajstić information content (AvgIpc) is 3.23. The quantitative estimate of drug-likeness (QED) is 0.278. The molecule has 0 bridgehead atoms. The Morgan fingerprint density at radius 2 is 1.46 bits per heavy atom. The predicted octanol–water partition coefficient (Wildman–Crippen LogP) is 7.55. The van der Waals surface area contributed by atoms with E-state index in [0.29, 0.717) is 18.7 Å². The Morgan fingerprint density at radius 3 is 2.10 bits per heavy atom. The van der Waals surface area contributed by atoms with Gasteiger partial charge in [-0.3, -0.25) is 14.5 Å². The molecule has 2 aromatic carbocycles. The van der Waals surface area contributed by atoms with Crippen LogP contribution in [0.4, 0.5) is 26.7 Å². The van der Waals surface area contributed by atoms with Gasteiger partial charge >= 0.3 is 12.2 Å². The van der Waals surface area contributed by atoms with E-state index in [4.69, 9.17) is 9.47 Å². The maximum atomic E-state index is 13.3. The number of para-hydroxylation sites is 1. The van der Waals surface area contributed by atoms with Crippen LogP contribution in [0.3, 0.4) is 0 Å². The number of ether oxygens (including phenoxy) is 2. The molecule has 0 saturated carbocycles. The number of carbonyl (C=O) groups is 2. The summed E-state index contributed by atoms with van der Waals surface area (Å²) in [6.45, 7) is 11.4. The van der Waals surface area contributed by atoms with Crippen molar-refractivity contribution in [1.82, 2.24) is 9.55 Å². The summed E-state index contributed by atoms with van der Waals surface area (Å²) >= 11 is 0. The Balaban J connectivity index is 1.59. The largest absolute Gasteiger partial charge is 0.443 e. The molecule has 8 nitrogen and oxygen atoms in total. The number of pyridine rings is 1. The fourth-order valence-corrected chi connectivity index (χ4v) is 4.11. The number of rotatable bonds is 6. The highest BCUT2D eigenvalue weighted by molar-refractivity contribution is 5.92. The van der Waals surface area contributed by atoms with Gasteiger partial charge < -0.3 is 14.8 Å². The smallest absolute Gasteiger partial charge is 0.419 e. The summed E-state index contributed by atoms with van der Waals surface area (Å²) in [4.78, 5) is 31.9. The molecule has 0 aliphatic heterocycles. The third kappa shape index (κ3) is 7.37. The molecule has 0 aliphatic rings. The zero-order valence-electron chi connectivity index (χ0n) is 23.4. The maximum Gasteiger partial charge on any atom is 0.419 e. The first-order valence-corrected chi connectivity index (χ1v) is 13.0. The van der Waals surface area contributed by atoms with Gasteiger partial charge in [0, 0.05) is 47.6 Å². The van der Waals surface area contributed by atoms with Crippen LogP contribution in [0.15, 0.2) is 79.3 Å². The Hall–Kier alpha value is -4.33. The zero-order chi connectivity index (χ0) is 28.2. The van der Waals surface area contributed by atoms with Crippen molar-refractivity contribution in [3.05, 3.63) is 84.8 Å². The van der Waals surface area contributed by atoms with E-state index in [1.165, 1.54) is 4.57 Å². The van der Waals surface area contributed by atoms with Crippen LogP contribution in [0.2, 0.25) is 0 Å². The van der Waals surface area contributed by atoms with Crippen molar-refractivity contribution in [1.29, 1.82) is 0 Å². The fraction of sp³-hybridized carbons (Fsp3) is 0.323. The van der Waals surface area contributed by atoms with Crippen molar-refractivity contribution < 1.29 is 19.1 Å². The number of benzene rings is 2. The third-order valence-electron chi connectivity index (χ3n) is 5.75. The third-order valence-corrected chi connectivity index (χ3v) is 5.75. The highest BCUT2D eigenvalue weighted by Crippen LogP contribution is 2.26. The molecule has 8 heteroatoms. The van der Waals surface area contributed by atoms with Crippen molar-refractivity contribution in [3.8, 4) is 0 Å². The van der Waals surface area contributed by atoms with E-state index < -0.39 is 23.4 Å². The second kappa shape index (κ2) is 11.2. The van der Waals surface area contributed by atoms with Crippen LogP contribution in [0, 0.1) is 0 Å². The number of hydrogen-bond donors (Lipinski definition) is 1. The van der Waals surface area contributed by atoms with Crippen molar-refractivity contribution >= 4 is 40.2 Å². The molecule has 204 valence electrons. The number of carbonyl (C=O) groups excluding carboxylic acids is 2. The maximum absolute atomic E-state index is 13.3. The first kappa shape index (κ1) is 27.7. The van der Waals surface area contributed by atoms with E-state index in [1.807, 2.05) is 102 Å². The minimum absolute atomic E-state index is 0.356. The lowest BCUT2D eigenvalue weighted by Crippen LogP contribution is -2.38. The van der Waals surface area contributed by atoms with Gasteiger partial charge in [-0.05, 0) is 96.0 Å². The van der Waals surface area contributed by atoms with Crippen LogP contribution >= 0.6 is 0 Å². The number of amides is 1. The Morgan fingerprint density at radius 1 is 0.846 bits per heavy atom. The van der Waals surface area contributed by atoms with E-state index >= 15 is 0 Å². The van der Waals surface area contributed by atoms with Crippen LogP contribution < -0.4 is 10.2 Å². The van der Waals surface area contributed by atoms with E-state index in [9.17, 15) is 9.59 Å². The number of aromatic nitrogens is 2. The van der Waals surface area contributed by atoms with Crippen LogP contribution in [-0.4, -0.2) is 39.5 Å². The van der Waals surface area contributed by atoms with Crippen LogP contribution in [0.1, 0.15) is 47.1 Å². The molecular formula is C31H36N4O4. The van der Waals surface area contributed by atoms with Crippen molar-refractivity contribution in [3.63, 3.8) is 0 Å². The summed E-state index contributed by atoms with van der Waals surface area (Å²) < 4.78 is 12.9. The fourth-order valence-electron chi connectivity index (χ4n) is 4.11. The molecule has 39 heavy (non-hydrogen) atoms. The highest BCUT2D eigenvalue weighted by atomic mass is 16.6. The van der Waals surface area contributed by atoms with Gasteiger partial charge in [0.25, 0.3) is 0 Å². The molecule has 0 saturated heterocycles. The van der Waals surface area contributed by atoms with Gasteiger partial charge in [0.15, 0.2) is 0 Å². The summed E-state index contributed by atoms with van der Waals surface area (Å²) in [5.41, 5.74) is 2.94. The molecular weight excluding hydrogens is 492 g/mol. The normalized spacial score (nSPS) is 11.7. The van der Waals surface area contributed by atoms with Gasteiger partial charge in [0.2, 0.25) is 0 Å². The standard InChI is InChI=1S/C31H36N4O4/c1-30(2,3)38-28(36)34(25-13-11-23(12-14-25)33-24-15-18-32-19-16-24)20-17-22-21-35(29(37)39-31(4,5)6)27-10-8-7-9-26(22)27/h7-16,18-19,21H,17,20H2,1-6H3,(H,32,33). The lowest BCUT2D eigenvalue weighted by molar-refractivity contribution is 0.0540. The van der Waals surface area contributed by atoms with Gasteiger partial charge in [-0.25, -0.2) is 9.59 Å². The topological polar surface area (TPSA) is 85.7 Å². The van der Waals surface area contributed by atoms with Crippen LogP contribution in [0.5, 0.6) is 0 Å². The highest BCUT2D eigenvalue weighted by Gasteiger charge is 2.25. The number of nitrogens with zero attached hydrogens (tertiary/aromatic N) is 3. The second-order valence-corrected chi connectivity index (χ2v) is 11.3. The van der Waals surface area contributed by atoms with E-state index in [-0.39, 0.29) is 0 Å². The Kier molecular flexibility index (Phi) is 7.95. The summed E-state index contributed by atoms with van der Waals surface area (Å²) in [7, 11) is 0. The molecule has 0 fully saturated rings. The van der Waals surface area contributed by atoms with Gasteiger partial charge in [-0.2, -0.15) is 0 Å². The summed E-state index contributed by atoms with van der Waals surface area (Å²) in [6.07, 6.45) is 4.88. The molecule has 1 N–H and O–H groups in total. The van der Waals surface area contributed by atoms with Crippen molar-refractivity contribution in [2.75, 3.05) is 16.8 Å². The lowest BCUT2D eigenvalue weighted by atomic mass is 10.1. The SMILES string of the molecule is CC(C)(C)OC(=O)N(CCc1cn(C(=O)OC(C)(C)C)c2ccccc12)c1ccc(Nc2ccncc2)cc1. The van der Waals surface area contributed by atoms with Gasteiger partial charge in [-0.1, -0.05) is 18.2 Å². The molecule has 2 heterocycles. The molecule has 4 aromatic rings. The molecule has 1 amide bonds. The number of anilines is 3. The molecule has 0 radical (unpaired) electrons. The minimum atomic E-state index is -0.648. The molecule has 0 spiro atoms. The first-order valence-electron chi connectivity index (χ1n) is 13.0. The monoisotopic (exact) mass is 528 g/mol. The van der Waals surface area contributed by atoms with Gasteiger partial charge in [0.1, 0.15) is 11.2 Å². The lowest BCUT2D eigenvalue weighted by Gasteiger charge is -2.27. The minimum Gasteiger partial charge on any atom is -0.443 e. The molecule has 0 unspecified atom stereocenters. The zero-order valence-corrected chi connectivity index (χ0v) is 23.4. The number of fused-ring (bicyclic) bond motifs is 1. The Bertz CT molecular complexity index is 1430. The molecule has 4 rings (SSSR count). The number of hydrogen-bond acceptors (Lipinski definition) is 6. The van der Waals surface area contributed by atoms with E-state index in [0.717, 1.165) is 27.8 Å². The average molecular weight is 529 g/mol. The van der Waals surface area contributed by atoms with Crippen LogP contribution in [0.25, 0.3) is 10.9 Å². The summed E-state index contributed by atoms with van der Waals surface area (Å²) in [6, 6.07) is 19.1. The van der Waals surface area contributed by atoms with Crippen LogP contribution in [-0.2, 0) is 15.9 Å². The summed E-state index contributed by atoms with van der Waals surface area (Å²) in [5, 5.41) is 4.26. The molecule has 0 aliphatic carbocycles. The molecule has 0 atom stereocenters. The second-order valence-electron chi connectivity index (χ2n) is 11.3.